The van der Waals surface area contributed by atoms with Gasteiger partial charge in [0.2, 0.25) is 0 Å². The van der Waals surface area contributed by atoms with Crippen LogP contribution in [0.2, 0.25) is 0 Å². The van der Waals surface area contributed by atoms with Gasteiger partial charge >= 0.3 is 0 Å². The molecule has 2 nitrogen and oxygen atoms in total. The summed E-state index contributed by atoms with van der Waals surface area (Å²) in [6.45, 7) is 6.42. The first kappa shape index (κ1) is 14.3. The van der Waals surface area contributed by atoms with Crippen molar-refractivity contribution in [2.75, 3.05) is 13.2 Å². The first-order valence-corrected chi connectivity index (χ1v) is 7.73. The largest absolute Gasteiger partial charge is 0.372 e. The summed E-state index contributed by atoms with van der Waals surface area (Å²) < 4.78 is 5.47. The van der Waals surface area contributed by atoms with E-state index in [1.807, 2.05) is 0 Å². The van der Waals surface area contributed by atoms with Gasteiger partial charge in [-0.05, 0) is 25.0 Å². The molecule has 2 aromatic rings. The first-order chi connectivity index (χ1) is 10.3. The molecule has 3 rings (SSSR count). The Balaban J connectivity index is 1.97. The van der Waals surface area contributed by atoms with Crippen LogP contribution in [0.1, 0.15) is 31.0 Å². The normalized spacial score (nSPS) is 17.7. The fourth-order valence-electron chi connectivity index (χ4n) is 2.87. The van der Waals surface area contributed by atoms with Crippen LogP contribution < -0.4 is 0 Å². The molecule has 0 spiro atoms. The maximum atomic E-state index is 5.47. The third-order valence-corrected chi connectivity index (χ3v) is 4.04. The smallest absolute Gasteiger partial charge is 0.0936 e. The SMILES string of the molecule is CC(C)N(CC1CO1)C(c1ccccc1)c1ccccc1. The number of benzene rings is 2. The summed E-state index contributed by atoms with van der Waals surface area (Å²) in [7, 11) is 0. The van der Waals surface area contributed by atoms with Crippen LogP contribution in [0, 0.1) is 0 Å². The van der Waals surface area contributed by atoms with E-state index in [0.717, 1.165) is 13.2 Å². The lowest BCUT2D eigenvalue weighted by Crippen LogP contribution is -2.38. The number of hydrogen-bond acceptors (Lipinski definition) is 2. The maximum Gasteiger partial charge on any atom is 0.0936 e. The zero-order valence-corrected chi connectivity index (χ0v) is 12.8. The molecule has 21 heavy (non-hydrogen) atoms. The molecule has 0 aliphatic carbocycles. The maximum absolute atomic E-state index is 5.47. The Morgan fingerprint density at radius 1 is 0.952 bits per heavy atom. The Bertz CT molecular complexity index is 509. The second-order valence-corrected chi connectivity index (χ2v) is 5.97. The van der Waals surface area contributed by atoms with Gasteiger partial charge in [0.05, 0.1) is 18.8 Å². The second kappa shape index (κ2) is 6.42. The molecule has 1 atom stereocenters. The summed E-state index contributed by atoms with van der Waals surface area (Å²) in [5, 5.41) is 0. The Kier molecular flexibility index (Phi) is 4.37. The third-order valence-electron chi connectivity index (χ3n) is 4.04. The van der Waals surface area contributed by atoms with Gasteiger partial charge in [0.25, 0.3) is 0 Å². The van der Waals surface area contributed by atoms with E-state index in [0.29, 0.717) is 12.1 Å². The molecular formula is C19H23NO. The average molecular weight is 281 g/mol. The van der Waals surface area contributed by atoms with Crippen molar-refractivity contribution in [2.45, 2.75) is 32.0 Å². The Morgan fingerprint density at radius 2 is 1.43 bits per heavy atom. The van der Waals surface area contributed by atoms with Crippen molar-refractivity contribution >= 4 is 0 Å². The standard InChI is InChI=1S/C19H23NO/c1-15(2)20(13-18-14-21-18)19(16-9-5-3-6-10-16)17-11-7-4-8-12-17/h3-12,15,18-19H,13-14H2,1-2H3. The van der Waals surface area contributed by atoms with Crippen LogP contribution in [0.4, 0.5) is 0 Å². The lowest BCUT2D eigenvalue weighted by atomic mass is 9.95. The molecule has 0 amide bonds. The number of rotatable bonds is 6. The predicted molar refractivity (Wildman–Crippen MR) is 86.3 cm³/mol. The molecule has 1 aliphatic heterocycles. The minimum Gasteiger partial charge on any atom is -0.372 e. The van der Waals surface area contributed by atoms with Crippen LogP contribution in [0.25, 0.3) is 0 Å². The van der Waals surface area contributed by atoms with Crippen LogP contribution in [0.5, 0.6) is 0 Å². The number of hydrogen-bond donors (Lipinski definition) is 0. The van der Waals surface area contributed by atoms with Gasteiger partial charge in [-0.15, -0.1) is 0 Å². The van der Waals surface area contributed by atoms with Gasteiger partial charge in [0.1, 0.15) is 0 Å². The summed E-state index contributed by atoms with van der Waals surface area (Å²) in [6, 6.07) is 22.3. The van der Waals surface area contributed by atoms with Crippen LogP contribution >= 0.6 is 0 Å². The Hall–Kier alpha value is -1.64. The lowest BCUT2D eigenvalue weighted by molar-refractivity contribution is 0.160. The van der Waals surface area contributed by atoms with E-state index in [4.69, 9.17) is 4.74 Å². The molecule has 2 aromatic carbocycles. The highest BCUT2D eigenvalue weighted by Crippen LogP contribution is 2.31. The highest BCUT2D eigenvalue weighted by Gasteiger charge is 2.32. The highest BCUT2D eigenvalue weighted by molar-refractivity contribution is 5.32. The summed E-state index contributed by atoms with van der Waals surface area (Å²) in [5.41, 5.74) is 2.69. The minimum absolute atomic E-state index is 0.289. The van der Waals surface area contributed by atoms with Crippen LogP contribution in [0.15, 0.2) is 60.7 Å². The quantitative estimate of drug-likeness (QED) is 0.747. The van der Waals surface area contributed by atoms with Gasteiger partial charge < -0.3 is 4.74 Å². The molecule has 0 aromatic heterocycles. The first-order valence-electron chi connectivity index (χ1n) is 7.73. The second-order valence-electron chi connectivity index (χ2n) is 5.97. The summed E-state index contributed by atoms with van der Waals surface area (Å²) >= 11 is 0. The van der Waals surface area contributed by atoms with Crippen molar-refractivity contribution in [2.24, 2.45) is 0 Å². The van der Waals surface area contributed by atoms with E-state index in [-0.39, 0.29) is 6.04 Å². The number of epoxide rings is 1. The van der Waals surface area contributed by atoms with Gasteiger partial charge in [-0.1, -0.05) is 60.7 Å². The fourth-order valence-corrected chi connectivity index (χ4v) is 2.87. The molecule has 2 heteroatoms. The van der Waals surface area contributed by atoms with E-state index in [1.54, 1.807) is 0 Å². The van der Waals surface area contributed by atoms with Crippen molar-refractivity contribution in [1.82, 2.24) is 4.90 Å². The monoisotopic (exact) mass is 281 g/mol. The van der Waals surface area contributed by atoms with Gasteiger partial charge in [-0.25, -0.2) is 0 Å². The van der Waals surface area contributed by atoms with Crippen molar-refractivity contribution in [3.8, 4) is 0 Å². The van der Waals surface area contributed by atoms with Crippen LogP contribution in [-0.4, -0.2) is 30.2 Å². The molecule has 1 unspecified atom stereocenters. The van der Waals surface area contributed by atoms with Crippen LogP contribution in [0.3, 0.4) is 0 Å². The zero-order valence-electron chi connectivity index (χ0n) is 12.8. The van der Waals surface area contributed by atoms with E-state index in [9.17, 15) is 0 Å². The summed E-state index contributed by atoms with van der Waals surface area (Å²) in [6.07, 6.45) is 0.405. The average Bonchev–Trinajstić information content (AvgIpc) is 3.33. The van der Waals surface area contributed by atoms with E-state index < -0.39 is 0 Å². The highest BCUT2D eigenvalue weighted by atomic mass is 16.6. The molecule has 0 radical (unpaired) electrons. The fraction of sp³-hybridized carbons (Fsp3) is 0.368. The molecule has 0 bridgehead atoms. The van der Waals surface area contributed by atoms with Gasteiger partial charge in [0.15, 0.2) is 0 Å². The molecule has 1 saturated heterocycles. The number of nitrogens with zero attached hydrogens (tertiary/aromatic N) is 1. The molecule has 1 heterocycles. The van der Waals surface area contributed by atoms with Gasteiger partial charge in [0, 0.05) is 12.6 Å². The van der Waals surface area contributed by atoms with E-state index >= 15 is 0 Å². The molecular weight excluding hydrogens is 258 g/mol. The summed E-state index contributed by atoms with van der Waals surface area (Å²) in [4.78, 5) is 2.54. The van der Waals surface area contributed by atoms with E-state index in [2.05, 4.69) is 79.4 Å². The summed E-state index contributed by atoms with van der Waals surface area (Å²) in [5.74, 6) is 0. The third kappa shape index (κ3) is 3.52. The molecule has 1 aliphatic rings. The van der Waals surface area contributed by atoms with Crippen molar-refractivity contribution in [3.05, 3.63) is 71.8 Å². The molecule has 0 N–H and O–H groups in total. The minimum atomic E-state index is 0.289. The molecule has 0 saturated carbocycles. The van der Waals surface area contributed by atoms with Crippen molar-refractivity contribution in [3.63, 3.8) is 0 Å². The Labute approximate surface area is 127 Å². The number of ether oxygens (including phenoxy) is 1. The van der Waals surface area contributed by atoms with Crippen molar-refractivity contribution < 1.29 is 4.74 Å². The Morgan fingerprint density at radius 3 is 1.81 bits per heavy atom. The van der Waals surface area contributed by atoms with Crippen LogP contribution in [-0.2, 0) is 4.74 Å². The predicted octanol–water partition coefficient (Wildman–Crippen LogP) is 3.89. The van der Waals surface area contributed by atoms with E-state index in [1.165, 1.54) is 11.1 Å². The van der Waals surface area contributed by atoms with Crippen molar-refractivity contribution in [1.29, 1.82) is 0 Å². The lowest BCUT2D eigenvalue weighted by Gasteiger charge is -2.35. The van der Waals surface area contributed by atoms with Gasteiger partial charge in [-0.3, -0.25) is 4.90 Å². The molecule has 1 fully saturated rings. The molecule has 110 valence electrons. The van der Waals surface area contributed by atoms with Gasteiger partial charge in [-0.2, -0.15) is 0 Å². The zero-order chi connectivity index (χ0) is 14.7. The topological polar surface area (TPSA) is 15.8 Å².